The van der Waals surface area contributed by atoms with Crippen molar-refractivity contribution in [1.29, 1.82) is 0 Å². The molecular formula is C12H12FN3O. The summed E-state index contributed by atoms with van der Waals surface area (Å²) in [4.78, 5) is 11.9. The second-order valence-electron chi connectivity index (χ2n) is 3.74. The average molecular weight is 233 g/mol. The second kappa shape index (κ2) is 4.37. The number of anilines is 1. The Kier molecular flexibility index (Phi) is 2.91. The number of carbonyl (C=O) groups is 1. The minimum absolute atomic E-state index is 0.164. The van der Waals surface area contributed by atoms with Crippen molar-refractivity contribution in [3.05, 3.63) is 47.0 Å². The molecule has 1 aromatic heterocycles. The Morgan fingerprint density at radius 1 is 1.35 bits per heavy atom. The van der Waals surface area contributed by atoms with Crippen LogP contribution in [0.2, 0.25) is 0 Å². The van der Waals surface area contributed by atoms with Crippen LogP contribution in [0.25, 0.3) is 0 Å². The van der Waals surface area contributed by atoms with Gasteiger partial charge in [-0.05, 0) is 26.0 Å². The van der Waals surface area contributed by atoms with Crippen LogP contribution in [0.15, 0.2) is 24.3 Å². The zero-order valence-electron chi connectivity index (χ0n) is 9.54. The standard InChI is InChI=1S/C12H12FN3O/c1-7-11(8(2)16-15-7)12(17)14-10-6-4-3-5-9(10)13/h3-6H,1-2H3,(H,14,17)(H,15,16). The Balaban J connectivity index is 2.27. The highest BCUT2D eigenvalue weighted by molar-refractivity contribution is 6.05. The van der Waals surface area contributed by atoms with Crippen LogP contribution in [0.5, 0.6) is 0 Å². The van der Waals surface area contributed by atoms with Crippen molar-refractivity contribution in [3.63, 3.8) is 0 Å². The van der Waals surface area contributed by atoms with Crippen molar-refractivity contribution in [1.82, 2.24) is 10.2 Å². The van der Waals surface area contributed by atoms with E-state index in [4.69, 9.17) is 0 Å². The van der Waals surface area contributed by atoms with E-state index in [1.165, 1.54) is 12.1 Å². The SMILES string of the molecule is Cc1n[nH]c(C)c1C(=O)Nc1ccccc1F. The number of aromatic nitrogens is 2. The molecule has 0 atom stereocenters. The van der Waals surface area contributed by atoms with Gasteiger partial charge in [-0.15, -0.1) is 0 Å². The van der Waals surface area contributed by atoms with E-state index in [1.54, 1.807) is 26.0 Å². The number of benzene rings is 1. The molecule has 17 heavy (non-hydrogen) atoms. The zero-order valence-corrected chi connectivity index (χ0v) is 9.54. The lowest BCUT2D eigenvalue weighted by Crippen LogP contribution is -2.14. The summed E-state index contributed by atoms with van der Waals surface area (Å²) in [6, 6.07) is 6.04. The average Bonchev–Trinajstić information content (AvgIpc) is 2.62. The number of rotatable bonds is 2. The number of para-hydroxylation sites is 1. The highest BCUT2D eigenvalue weighted by atomic mass is 19.1. The topological polar surface area (TPSA) is 57.8 Å². The van der Waals surface area contributed by atoms with E-state index in [9.17, 15) is 9.18 Å². The van der Waals surface area contributed by atoms with Gasteiger partial charge in [0.25, 0.3) is 5.91 Å². The Labute approximate surface area is 97.9 Å². The summed E-state index contributed by atoms with van der Waals surface area (Å²) >= 11 is 0. The van der Waals surface area contributed by atoms with Gasteiger partial charge in [0.15, 0.2) is 0 Å². The van der Waals surface area contributed by atoms with E-state index in [-0.39, 0.29) is 11.6 Å². The molecule has 0 aliphatic heterocycles. The fourth-order valence-electron chi connectivity index (χ4n) is 1.63. The molecular weight excluding hydrogens is 221 g/mol. The largest absolute Gasteiger partial charge is 0.319 e. The van der Waals surface area contributed by atoms with Gasteiger partial charge in [0.2, 0.25) is 0 Å². The van der Waals surface area contributed by atoms with Gasteiger partial charge < -0.3 is 5.32 Å². The highest BCUT2D eigenvalue weighted by Gasteiger charge is 2.16. The third-order valence-corrected chi connectivity index (χ3v) is 2.48. The number of aryl methyl sites for hydroxylation is 2. The van der Waals surface area contributed by atoms with Crippen LogP contribution in [0, 0.1) is 19.7 Å². The Morgan fingerprint density at radius 2 is 2.06 bits per heavy atom. The van der Waals surface area contributed by atoms with E-state index in [0.29, 0.717) is 17.0 Å². The molecule has 88 valence electrons. The molecule has 0 spiro atoms. The fourth-order valence-corrected chi connectivity index (χ4v) is 1.63. The molecule has 0 saturated heterocycles. The lowest BCUT2D eigenvalue weighted by atomic mass is 10.2. The molecule has 2 aromatic rings. The van der Waals surface area contributed by atoms with Crippen molar-refractivity contribution in [2.24, 2.45) is 0 Å². The second-order valence-corrected chi connectivity index (χ2v) is 3.74. The van der Waals surface area contributed by atoms with Crippen molar-refractivity contribution < 1.29 is 9.18 Å². The predicted molar refractivity (Wildman–Crippen MR) is 62.4 cm³/mol. The third kappa shape index (κ3) is 2.18. The van der Waals surface area contributed by atoms with Crippen LogP contribution in [-0.4, -0.2) is 16.1 Å². The number of nitrogens with one attached hydrogen (secondary N) is 2. The summed E-state index contributed by atoms with van der Waals surface area (Å²) in [5, 5.41) is 9.16. The molecule has 1 heterocycles. The fraction of sp³-hybridized carbons (Fsp3) is 0.167. The third-order valence-electron chi connectivity index (χ3n) is 2.48. The molecule has 0 bridgehead atoms. The molecule has 0 unspecified atom stereocenters. The lowest BCUT2D eigenvalue weighted by Gasteiger charge is -2.05. The van der Waals surface area contributed by atoms with Gasteiger partial charge in [0.05, 0.1) is 16.9 Å². The normalized spacial score (nSPS) is 10.3. The molecule has 0 saturated carbocycles. The van der Waals surface area contributed by atoms with E-state index in [1.807, 2.05) is 0 Å². The summed E-state index contributed by atoms with van der Waals surface area (Å²) in [5.74, 6) is -0.821. The summed E-state index contributed by atoms with van der Waals surface area (Å²) in [5.41, 5.74) is 1.87. The van der Waals surface area contributed by atoms with E-state index in [2.05, 4.69) is 15.5 Å². The number of nitrogens with zero attached hydrogens (tertiary/aromatic N) is 1. The van der Waals surface area contributed by atoms with Gasteiger partial charge in [0, 0.05) is 5.69 Å². The first-order valence-electron chi connectivity index (χ1n) is 5.17. The van der Waals surface area contributed by atoms with Gasteiger partial charge in [-0.25, -0.2) is 4.39 Å². The van der Waals surface area contributed by atoms with Crippen molar-refractivity contribution in [2.45, 2.75) is 13.8 Å². The first-order chi connectivity index (χ1) is 8.09. The zero-order chi connectivity index (χ0) is 12.4. The molecule has 2 N–H and O–H groups in total. The molecule has 0 aliphatic carbocycles. The van der Waals surface area contributed by atoms with Gasteiger partial charge >= 0.3 is 0 Å². The monoisotopic (exact) mass is 233 g/mol. The predicted octanol–water partition coefficient (Wildman–Crippen LogP) is 2.42. The van der Waals surface area contributed by atoms with Gasteiger partial charge in [-0.1, -0.05) is 12.1 Å². The molecule has 1 amide bonds. The quantitative estimate of drug-likeness (QED) is 0.836. The number of H-pyrrole nitrogens is 1. The number of halogens is 1. The van der Waals surface area contributed by atoms with E-state index in [0.717, 1.165) is 0 Å². The van der Waals surface area contributed by atoms with Gasteiger partial charge in [-0.3, -0.25) is 9.89 Å². The van der Waals surface area contributed by atoms with Crippen molar-refractivity contribution >= 4 is 11.6 Å². The molecule has 5 heteroatoms. The van der Waals surface area contributed by atoms with Crippen LogP contribution in [-0.2, 0) is 0 Å². The molecule has 2 rings (SSSR count). The lowest BCUT2D eigenvalue weighted by molar-refractivity contribution is 0.102. The number of amides is 1. The highest BCUT2D eigenvalue weighted by Crippen LogP contribution is 2.16. The van der Waals surface area contributed by atoms with E-state index < -0.39 is 5.82 Å². The number of hydrogen-bond donors (Lipinski definition) is 2. The molecule has 0 aliphatic rings. The summed E-state index contributed by atoms with van der Waals surface area (Å²) in [6.07, 6.45) is 0. The first-order valence-corrected chi connectivity index (χ1v) is 5.17. The Bertz CT molecular complexity index is 543. The van der Waals surface area contributed by atoms with Crippen LogP contribution >= 0.6 is 0 Å². The van der Waals surface area contributed by atoms with Crippen LogP contribution in [0.4, 0.5) is 10.1 Å². The summed E-state index contributed by atoms with van der Waals surface area (Å²) in [6.45, 7) is 3.47. The number of carbonyl (C=O) groups excluding carboxylic acids is 1. The maximum Gasteiger partial charge on any atom is 0.259 e. The van der Waals surface area contributed by atoms with E-state index >= 15 is 0 Å². The Morgan fingerprint density at radius 3 is 2.65 bits per heavy atom. The minimum atomic E-state index is -0.459. The van der Waals surface area contributed by atoms with Crippen LogP contribution < -0.4 is 5.32 Å². The van der Waals surface area contributed by atoms with Gasteiger partial charge in [-0.2, -0.15) is 5.10 Å². The maximum absolute atomic E-state index is 13.4. The molecule has 1 aromatic carbocycles. The van der Waals surface area contributed by atoms with Crippen molar-refractivity contribution in [3.8, 4) is 0 Å². The van der Waals surface area contributed by atoms with Crippen LogP contribution in [0.1, 0.15) is 21.7 Å². The maximum atomic E-state index is 13.4. The summed E-state index contributed by atoms with van der Waals surface area (Å²) in [7, 11) is 0. The Hall–Kier alpha value is -2.17. The molecule has 0 radical (unpaired) electrons. The number of aromatic amines is 1. The first kappa shape index (κ1) is 11.3. The minimum Gasteiger partial charge on any atom is -0.319 e. The summed E-state index contributed by atoms with van der Waals surface area (Å²) < 4.78 is 13.4. The van der Waals surface area contributed by atoms with Crippen LogP contribution in [0.3, 0.4) is 0 Å². The smallest absolute Gasteiger partial charge is 0.259 e. The van der Waals surface area contributed by atoms with Gasteiger partial charge in [0.1, 0.15) is 5.82 Å². The number of hydrogen-bond acceptors (Lipinski definition) is 2. The van der Waals surface area contributed by atoms with Crippen molar-refractivity contribution in [2.75, 3.05) is 5.32 Å². The molecule has 0 fully saturated rings. The molecule has 4 nitrogen and oxygen atoms in total.